The van der Waals surface area contributed by atoms with Crippen LogP contribution in [0.5, 0.6) is 0 Å². The first kappa shape index (κ1) is 12.4. The van der Waals surface area contributed by atoms with E-state index in [0.29, 0.717) is 5.39 Å². The molecule has 98 valence electrons. The quantitative estimate of drug-likeness (QED) is 0.517. The average molecular weight is 368 g/mol. The molecule has 0 aliphatic rings. The van der Waals surface area contributed by atoms with Crippen molar-refractivity contribution < 1.29 is 25.6 Å². The van der Waals surface area contributed by atoms with Gasteiger partial charge in [0.1, 0.15) is 0 Å². The van der Waals surface area contributed by atoms with Gasteiger partial charge in [0.05, 0.1) is 0 Å². The SMILES string of the molecule is C[I-]c1ccnc(Nc2ccc3c(F)c[nH]c3c2)c1. The molecule has 0 atom stereocenters. The van der Waals surface area contributed by atoms with Crippen LogP contribution in [0, 0.1) is 9.39 Å². The van der Waals surface area contributed by atoms with Gasteiger partial charge in [-0.1, -0.05) is 0 Å². The van der Waals surface area contributed by atoms with Crippen molar-refractivity contribution in [2.75, 3.05) is 10.2 Å². The van der Waals surface area contributed by atoms with Crippen LogP contribution in [0.15, 0.2) is 42.7 Å². The second-order valence-corrected chi connectivity index (χ2v) is 6.39. The standard InChI is InChI=1S/C14H12FIN3/c1-16-9-4-5-17-14(6-9)19-10-2-3-11-12(15)8-18-13(11)7-10/h2-8,18H,1H3,(H,17,19)/q-1. The summed E-state index contributed by atoms with van der Waals surface area (Å²) in [6.45, 7) is 0. The molecule has 3 aromatic rings. The molecule has 0 aliphatic heterocycles. The molecule has 0 fully saturated rings. The molecule has 0 aliphatic carbocycles. The van der Waals surface area contributed by atoms with E-state index in [-0.39, 0.29) is 27.0 Å². The normalized spacial score (nSPS) is 11.1. The van der Waals surface area contributed by atoms with E-state index in [2.05, 4.69) is 26.3 Å². The summed E-state index contributed by atoms with van der Waals surface area (Å²) in [6, 6.07) is 9.61. The number of nitrogens with one attached hydrogen (secondary N) is 2. The molecule has 0 saturated carbocycles. The van der Waals surface area contributed by atoms with Crippen molar-refractivity contribution in [1.82, 2.24) is 9.97 Å². The number of anilines is 2. The number of pyridine rings is 1. The fraction of sp³-hybridized carbons (Fsp3) is 0.0714. The first-order valence-electron chi connectivity index (χ1n) is 5.75. The molecule has 0 spiro atoms. The molecule has 3 rings (SSSR count). The third kappa shape index (κ3) is 2.56. The van der Waals surface area contributed by atoms with Crippen LogP contribution in [0.25, 0.3) is 10.9 Å². The van der Waals surface area contributed by atoms with E-state index in [1.165, 1.54) is 9.77 Å². The van der Waals surface area contributed by atoms with E-state index in [1.54, 1.807) is 6.07 Å². The monoisotopic (exact) mass is 368 g/mol. The van der Waals surface area contributed by atoms with Gasteiger partial charge in [0.25, 0.3) is 0 Å². The molecule has 0 amide bonds. The van der Waals surface area contributed by atoms with E-state index in [4.69, 9.17) is 0 Å². The number of benzene rings is 1. The zero-order valence-corrected chi connectivity index (χ0v) is 12.4. The Morgan fingerprint density at radius 2 is 2.16 bits per heavy atom. The van der Waals surface area contributed by atoms with Crippen molar-refractivity contribution >= 4 is 22.4 Å². The van der Waals surface area contributed by atoms with E-state index in [1.807, 2.05) is 24.4 Å². The van der Waals surface area contributed by atoms with Gasteiger partial charge in [0, 0.05) is 0 Å². The van der Waals surface area contributed by atoms with Gasteiger partial charge < -0.3 is 0 Å². The predicted molar refractivity (Wildman–Crippen MR) is 70.4 cm³/mol. The molecule has 1 aromatic carbocycles. The molecule has 2 heterocycles. The molecule has 2 N–H and O–H groups in total. The Morgan fingerprint density at radius 1 is 1.26 bits per heavy atom. The van der Waals surface area contributed by atoms with Crippen LogP contribution >= 0.6 is 0 Å². The van der Waals surface area contributed by atoms with Crippen LogP contribution in [0.2, 0.25) is 0 Å². The van der Waals surface area contributed by atoms with Gasteiger partial charge >= 0.3 is 120 Å². The minimum absolute atomic E-state index is 0.0551. The van der Waals surface area contributed by atoms with Crippen LogP contribution in [-0.4, -0.2) is 14.9 Å². The van der Waals surface area contributed by atoms with Crippen molar-refractivity contribution in [3.63, 3.8) is 0 Å². The topological polar surface area (TPSA) is 40.7 Å². The number of rotatable bonds is 3. The fourth-order valence-electron chi connectivity index (χ4n) is 1.91. The van der Waals surface area contributed by atoms with Crippen LogP contribution in [0.1, 0.15) is 0 Å². The Labute approximate surface area is 120 Å². The first-order valence-corrected chi connectivity index (χ1v) is 8.99. The zero-order valence-electron chi connectivity index (χ0n) is 10.2. The summed E-state index contributed by atoms with van der Waals surface area (Å²) in [4.78, 5) is 9.41. The average Bonchev–Trinajstić information content (AvgIpc) is 2.80. The van der Waals surface area contributed by atoms with Crippen molar-refractivity contribution in [1.29, 1.82) is 0 Å². The van der Waals surface area contributed by atoms with Gasteiger partial charge in [-0.2, -0.15) is 0 Å². The van der Waals surface area contributed by atoms with Crippen molar-refractivity contribution in [2.24, 2.45) is 0 Å². The molecule has 19 heavy (non-hydrogen) atoms. The maximum atomic E-state index is 13.3. The number of H-pyrrole nitrogens is 1. The Hall–Kier alpha value is -1.63. The van der Waals surface area contributed by atoms with Crippen LogP contribution in [-0.2, 0) is 0 Å². The minimum atomic E-state index is -0.225. The van der Waals surface area contributed by atoms with Crippen molar-refractivity contribution in [3.8, 4) is 0 Å². The fourth-order valence-corrected chi connectivity index (χ4v) is 3.03. The predicted octanol–water partition coefficient (Wildman–Crippen LogP) is 0.334. The number of hydrogen-bond donors (Lipinski definition) is 2. The summed E-state index contributed by atoms with van der Waals surface area (Å²) in [5.74, 6) is 0.600. The third-order valence-corrected chi connectivity index (χ3v) is 4.76. The van der Waals surface area contributed by atoms with Crippen LogP contribution < -0.4 is 26.5 Å². The first-order chi connectivity index (χ1) is 9.26. The molecular formula is C14H12FIN3-. The van der Waals surface area contributed by atoms with Gasteiger partial charge in [-0.3, -0.25) is 0 Å². The van der Waals surface area contributed by atoms with Crippen LogP contribution in [0.4, 0.5) is 15.9 Å². The number of fused-ring (bicyclic) bond motifs is 1. The summed E-state index contributed by atoms with van der Waals surface area (Å²) < 4.78 is 14.7. The molecular weight excluding hydrogens is 356 g/mol. The summed E-state index contributed by atoms with van der Waals surface area (Å²) in [5, 5.41) is 3.85. The van der Waals surface area contributed by atoms with Gasteiger partial charge in [-0.25, -0.2) is 0 Å². The second kappa shape index (κ2) is 5.16. The third-order valence-electron chi connectivity index (χ3n) is 2.84. The molecule has 0 unspecified atom stereocenters. The van der Waals surface area contributed by atoms with Gasteiger partial charge in [0.15, 0.2) is 0 Å². The Morgan fingerprint density at radius 3 is 3.00 bits per heavy atom. The Bertz CT molecular complexity index is 724. The molecule has 2 aromatic heterocycles. The Balaban J connectivity index is 1.91. The summed E-state index contributed by atoms with van der Waals surface area (Å²) >= 11 is 0.0551. The molecule has 0 bridgehead atoms. The van der Waals surface area contributed by atoms with E-state index in [0.717, 1.165) is 17.0 Å². The second-order valence-electron chi connectivity index (χ2n) is 4.07. The molecule has 0 saturated heterocycles. The Kier molecular flexibility index (Phi) is 3.37. The number of aromatic nitrogens is 2. The maximum absolute atomic E-state index is 13.3. The summed E-state index contributed by atoms with van der Waals surface area (Å²) in [7, 11) is 0. The zero-order chi connectivity index (χ0) is 13.2. The van der Waals surface area contributed by atoms with Crippen molar-refractivity contribution in [2.45, 2.75) is 0 Å². The van der Waals surface area contributed by atoms with E-state index >= 15 is 0 Å². The molecule has 3 nitrogen and oxygen atoms in total. The van der Waals surface area contributed by atoms with E-state index < -0.39 is 0 Å². The molecule has 0 radical (unpaired) electrons. The van der Waals surface area contributed by atoms with E-state index in [9.17, 15) is 4.39 Å². The van der Waals surface area contributed by atoms with Crippen molar-refractivity contribution in [3.05, 3.63) is 52.1 Å². The van der Waals surface area contributed by atoms with Gasteiger partial charge in [0.2, 0.25) is 0 Å². The molecule has 5 heteroatoms. The number of nitrogens with zero attached hydrogens (tertiary/aromatic N) is 1. The number of alkyl halides is 1. The summed E-state index contributed by atoms with van der Waals surface area (Å²) in [6.07, 6.45) is 3.18. The number of aromatic amines is 1. The number of hydrogen-bond acceptors (Lipinski definition) is 2. The van der Waals surface area contributed by atoms with Crippen LogP contribution in [0.3, 0.4) is 0 Å². The van der Waals surface area contributed by atoms with Gasteiger partial charge in [-0.05, 0) is 0 Å². The summed E-state index contributed by atoms with van der Waals surface area (Å²) in [5.41, 5.74) is 1.68. The van der Waals surface area contributed by atoms with Gasteiger partial charge in [-0.15, -0.1) is 0 Å². The number of halogens is 2.